The highest BCUT2D eigenvalue weighted by atomic mass is 16.2. The molecule has 4 aliphatic rings. The quantitative estimate of drug-likeness (QED) is 0.126. The van der Waals surface area contributed by atoms with Crippen LogP contribution < -0.4 is 31.9 Å². The maximum absolute atomic E-state index is 14.4. The number of fused-ring (bicyclic) bond motifs is 2. The number of likely N-dealkylation sites (N-methyl/N-ethyl adjacent to an activating group) is 2. The average Bonchev–Trinajstić information content (AvgIpc) is 4.05. The smallest absolute Gasteiger partial charge is 0.246 e. The van der Waals surface area contributed by atoms with Crippen LogP contribution in [0.2, 0.25) is 0 Å². The normalized spacial score (nSPS) is 21.7. The van der Waals surface area contributed by atoms with Gasteiger partial charge in [0.05, 0.1) is 24.2 Å². The SMILES string of the molecule is CN[C@@H](C)C(=O)N[C@@H](Cc1ccc(C#CC[C@H](NC(=O)[C@H](C)NC)C(=O)N2CCC[C@H]2C(=O)N[C@@H]2CCCc3ccccc32)cc1)C(=O)N1CCC[C@H]1C(=O)NC1CCCc2ccccc21. The van der Waals surface area contributed by atoms with Crippen molar-refractivity contribution >= 4 is 35.4 Å². The first kappa shape index (κ1) is 47.9. The summed E-state index contributed by atoms with van der Waals surface area (Å²) in [5, 5.41) is 18.2. The van der Waals surface area contributed by atoms with Gasteiger partial charge in [-0.3, -0.25) is 28.8 Å². The van der Waals surface area contributed by atoms with Crippen LogP contribution in [0.4, 0.5) is 0 Å². The maximum atomic E-state index is 14.4. The second-order valence-electron chi connectivity index (χ2n) is 18.2. The molecule has 2 aliphatic heterocycles. The first-order valence-electron chi connectivity index (χ1n) is 23.9. The van der Waals surface area contributed by atoms with Gasteiger partial charge in [-0.15, -0.1) is 0 Å². The molecule has 0 bridgehead atoms. The van der Waals surface area contributed by atoms with Crippen molar-refractivity contribution in [3.05, 3.63) is 106 Å². The molecule has 1 unspecified atom stereocenters. The molecule has 0 saturated carbocycles. The monoisotopic (exact) mass is 899 g/mol. The second-order valence-corrected chi connectivity index (χ2v) is 18.2. The maximum Gasteiger partial charge on any atom is 0.246 e. The number of amides is 6. The van der Waals surface area contributed by atoms with Crippen LogP contribution in [0.5, 0.6) is 0 Å². The lowest BCUT2D eigenvalue weighted by Gasteiger charge is -2.32. The number of benzene rings is 3. The van der Waals surface area contributed by atoms with Gasteiger partial charge in [-0.05, 0) is 132 Å². The lowest BCUT2D eigenvalue weighted by atomic mass is 9.87. The molecule has 7 rings (SSSR count). The van der Waals surface area contributed by atoms with E-state index in [1.807, 2.05) is 48.5 Å². The molecule has 8 atom stereocenters. The number of likely N-dealkylation sites (tertiary alicyclic amines) is 2. The van der Waals surface area contributed by atoms with Crippen molar-refractivity contribution in [1.82, 2.24) is 41.7 Å². The molecule has 14 nitrogen and oxygen atoms in total. The molecule has 2 fully saturated rings. The first-order chi connectivity index (χ1) is 31.9. The molecule has 2 heterocycles. The molecule has 0 radical (unpaired) electrons. The molecule has 2 saturated heterocycles. The summed E-state index contributed by atoms with van der Waals surface area (Å²) >= 11 is 0. The number of carbonyl (C=O) groups is 6. The van der Waals surface area contributed by atoms with Gasteiger partial charge in [0, 0.05) is 31.5 Å². The minimum Gasteiger partial charge on any atom is -0.347 e. The second kappa shape index (κ2) is 22.4. The summed E-state index contributed by atoms with van der Waals surface area (Å²) in [6.45, 7) is 4.25. The van der Waals surface area contributed by atoms with Gasteiger partial charge in [-0.2, -0.15) is 0 Å². The van der Waals surface area contributed by atoms with Crippen LogP contribution in [0.15, 0.2) is 72.8 Å². The van der Waals surface area contributed by atoms with Crippen LogP contribution in [0.3, 0.4) is 0 Å². The molecule has 6 N–H and O–H groups in total. The predicted octanol–water partition coefficient (Wildman–Crippen LogP) is 3.53. The molecule has 3 aromatic rings. The largest absolute Gasteiger partial charge is 0.347 e. The van der Waals surface area contributed by atoms with Gasteiger partial charge in [0.25, 0.3) is 0 Å². The van der Waals surface area contributed by atoms with Crippen molar-refractivity contribution in [2.75, 3.05) is 27.2 Å². The Bertz CT molecular complexity index is 2310. The highest BCUT2D eigenvalue weighted by Gasteiger charge is 2.40. The van der Waals surface area contributed by atoms with Crippen LogP contribution in [0.25, 0.3) is 0 Å². The molecule has 2 aliphatic carbocycles. The predicted molar refractivity (Wildman–Crippen MR) is 253 cm³/mol. The summed E-state index contributed by atoms with van der Waals surface area (Å²) in [7, 11) is 3.35. The van der Waals surface area contributed by atoms with Gasteiger partial charge in [0.15, 0.2) is 0 Å². The summed E-state index contributed by atoms with van der Waals surface area (Å²) < 4.78 is 0. The van der Waals surface area contributed by atoms with Crippen LogP contribution in [-0.4, -0.2) is 109 Å². The Labute approximate surface area is 389 Å². The van der Waals surface area contributed by atoms with Crippen LogP contribution in [0, 0.1) is 11.8 Å². The van der Waals surface area contributed by atoms with Gasteiger partial charge in [0.2, 0.25) is 35.4 Å². The van der Waals surface area contributed by atoms with Crippen LogP contribution in [0.1, 0.15) is 117 Å². The number of aryl methyl sites for hydroxylation is 2. The van der Waals surface area contributed by atoms with E-state index in [0.717, 1.165) is 55.2 Å². The fourth-order valence-electron chi connectivity index (χ4n) is 9.82. The Kier molecular flexibility index (Phi) is 16.3. The van der Waals surface area contributed by atoms with Gasteiger partial charge in [-0.1, -0.05) is 72.5 Å². The van der Waals surface area contributed by atoms with E-state index in [0.29, 0.717) is 44.3 Å². The summed E-state index contributed by atoms with van der Waals surface area (Å²) in [6.07, 6.45) is 8.22. The van der Waals surface area contributed by atoms with Crippen LogP contribution >= 0.6 is 0 Å². The number of rotatable bonds is 15. The molecule has 6 amide bonds. The Balaban J connectivity index is 1.02. The summed E-state index contributed by atoms with van der Waals surface area (Å²) in [5.41, 5.74) is 6.17. The Morgan fingerprint density at radius 3 is 1.58 bits per heavy atom. The minimum absolute atomic E-state index is 0.0215. The Morgan fingerprint density at radius 1 is 0.606 bits per heavy atom. The van der Waals surface area contributed by atoms with Crippen molar-refractivity contribution in [3.63, 3.8) is 0 Å². The summed E-state index contributed by atoms with van der Waals surface area (Å²) in [5.74, 6) is 4.55. The lowest BCUT2D eigenvalue weighted by molar-refractivity contribution is -0.141. The highest BCUT2D eigenvalue weighted by molar-refractivity contribution is 5.95. The van der Waals surface area contributed by atoms with E-state index < -0.39 is 36.3 Å². The van der Waals surface area contributed by atoms with E-state index in [9.17, 15) is 28.8 Å². The zero-order valence-corrected chi connectivity index (χ0v) is 38.8. The average molecular weight is 899 g/mol. The van der Waals surface area contributed by atoms with Gasteiger partial charge in [0.1, 0.15) is 24.2 Å². The van der Waals surface area contributed by atoms with E-state index in [1.165, 1.54) is 11.1 Å². The molecule has 0 spiro atoms. The fraction of sp³-hybridized carbons (Fsp3) is 0.500. The number of hydrogen-bond acceptors (Lipinski definition) is 8. The molecular weight excluding hydrogens is 833 g/mol. The van der Waals surface area contributed by atoms with Crippen molar-refractivity contribution < 1.29 is 28.8 Å². The lowest BCUT2D eigenvalue weighted by Crippen LogP contribution is -2.56. The molecule has 14 heteroatoms. The van der Waals surface area contributed by atoms with E-state index >= 15 is 0 Å². The van der Waals surface area contributed by atoms with E-state index in [2.05, 4.69) is 68.0 Å². The van der Waals surface area contributed by atoms with Crippen LogP contribution in [-0.2, 0) is 48.0 Å². The van der Waals surface area contributed by atoms with Gasteiger partial charge in [-0.25, -0.2) is 0 Å². The topological polar surface area (TPSA) is 181 Å². The zero-order valence-electron chi connectivity index (χ0n) is 38.8. The highest BCUT2D eigenvalue weighted by Crippen LogP contribution is 2.32. The Morgan fingerprint density at radius 2 is 1.08 bits per heavy atom. The van der Waals surface area contributed by atoms with Crippen molar-refractivity contribution in [2.24, 2.45) is 0 Å². The molecule has 3 aromatic carbocycles. The van der Waals surface area contributed by atoms with Crippen molar-refractivity contribution in [2.45, 2.75) is 139 Å². The van der Waals surface area contributed by atoms with E-state index in [-0.39, 0.29) is 60.4 Å². The number of nitrogens with one attached hydrogen (secondary N) is 6. The zero-order chi connectivity index (χ0) is 46.7. The van der Waals surface area contributed by atoms with E-state index in [1.54, 1.807) is 37.7 Å². The fourth-order valence-corrected chi connectivity index (χ4v) is 9.82. The van der Waals surface area contributed by atoms with Gasteiger partial charge < -0.3 is 41.7 Å². The Hall–Kier alpha value is -6.04. The molecule has 0 aromatic heterocycles. The third-order valence-electron chi connectivity index (χ3n) is 13.9. The first-order valence-corrected chi connectivity index (χ1v) is 23.9. The minimum atomic E-state index is -0.978. The third-order valence-corrected chi connectivity index (χ3v) is 13.9. The van der Waals surface area contributed by atoms with Gasteiger partial charge >= 0.3 is 0 Å². The standard InChI is InChI=1S/C52H66N8O6/c1-33(53-3)47(61)57-43(51(65)59-30-12-24-45(59)49(63)55-41-21-10-17-37-15-5-7-19-39(37)41)23-9-14-35-26-28-36(29-27-35)32-44(58-48(62)34(2)54-4)52(66)60-31-13-25-46(60)50(64)56-42-22-11-18-38-16-6-8-20-40(38)42/h5-8,15-16,19-20,26-29,33-34,41-46,53-54H,10-13,17-18,21-25,30-32H2,1-4H3,(H,55,63)(H,56,64)(H,57,61)(H,58,62)/t33-,34-,41+,42?,43-,44-,45-,46-/m0/s1. The van der Waals surface area contributed by atoms with Crippen molar-refractivity contribution in [1.29, 1.82) is 0 Å². The van der Waals surface area contributed by atoms with E-state index in [4.69, 9.17) is 0 Å². The number of nitrogens with zero attached hydrogens (tertiary/aromatic N) is 2. The number of carbonyl (C=O) groups excluding carboxylic acids is 6. The third kappa shape index (κ3) is 11.5. The molecular formula is C52H66N8O6. The summed E-state index contributed by atoms with van der Waals surface area (Å²) in [4.78, 5) is 85.8. The molecule has 350 valence electrons. The van der Waals surface area contributed by atoms with Crippen molar-refractivity contribution in [3.8, 4) is 11.8 Å². The summed E-state index contributed by atoms with van der Waals surface area (Å²) in [6, 6.07) is 19.2. The number of hydrogen-bond donors (Lipinski definition) is 6. The molecule has 66 heavy (non-hydrogen) atoms.